The van der Waals surface area contributed by atoms with Crippen molar-refractivity contribution in [3.05, 3.63) is 78.1 Å². The van der Waals surface area contributed by atoms with Crippen molar-refractivity contribution in [1.29, 1.82) is 0 Å². The average Bonchev–Trinajstić information content (AvgIpc) is 3.06. The van der Waals surface area contributed by atoms with Crippen LogP contribution in [0.4, 0.5) is 15.8 Å². The summed E-state index contributed by atoms with van der Waals surface area (Å²) >= 11 is 0. The number of aromatic nitrogens is 1. The van der Waals surface area contributed by atoms with Gasteiger partial charge < -0.3 is 9.73 Å². The van der Waals surface area contributed by atoms with E-state index in [4.69, 9.17) is 4.42 Å². The van der Waals surface area contributed by atoms with Gasteiger partial charge in [-0.05, 0) is 48.9 Å². The third-order valence-corrected chi connectivity index (χ3v) is 5.11. The molecule has 132 valence electrons. The lowest BCUT2D eigenvalue weighted by molar-refractivity contribution is -0.616. The van der Waals surface area contributed by atoms with Gasteiger partial charge in [0.05, 0.1) is 10.8 Å². The summed E-state index contributed by atoms with van der Waals surface area (Å²) in [4.78, 5) is 0. The maximum absolute atomic E-state index is 13.5. The minimum absolute atomic E-state index is 0.240. The van der Waals surface area contributed by atoms with E-state index >= 15 is 0 Å². The average molecular weight is 357 g/mol. The largest absolute Gasteiger partial charge is 0.447 e. The Labute approximate surface area is 155 Å². The second-order valence-electron chi connectivity index (χ2n) is 6.81. The molecular formula is C23H18FN2O+. The van der Waals surface area contributed by atoms with Crippen LogP contribution < -0.4 is 9.88 Å². The van der Waals surface area contributed by atoms with Crippen LogP contribution >= 0.6 is 0 Å². The number of nitrogens with one attached hydrogen (secondary N) is 1. The molecule has 0 fully saturated rings. The Balaban J connectivity index is 1.89. The number of benzene rings is 3. The van der Waals surface area contributed by atoms with E-state index in [1.54, 1.807) is 6.07 Å². The molecule has 0 saturated heterocycles. The molecule has 2 aromatic heterocycles. The van der Waals surface area contributed by atoms with E-state index in [0.29, 0.717) is 0 Å². The van der Waals surface area contributed by atoms with Crippen molar-refractivity contribution in [3.63, 3.8) is 0 Å². The van der Waals surface area contributed by atoms with Gasteiger partial charge in [0.25, 0.3) is 5.52 Å². The first kappa shape index (κ1) is 15.8. The summed E-state index contributed by atoms with van der Waals surface area (Å²) in [5.74, 6) is -0.240. The highest BCUT2D eigenvalue weighted by molar-refractivity contribution is 6.12. The molecule has 0 unspecified atom stereocenters. The summed E-state index contributed by atoms with van der Waals surface area (Å²) in [6.07, 6.45) is 0. The van der Waals surface area contributed by atoms with Crippen LogP contribution in [0.5, 0.6) is 0 Å². The summed E-state index contributed by atoms with van der Waals surface area (Å²) < 4.78 is 22.0. The Kier molecular flexibility index (Phi) is 3.41. The van der Waals surface area contributed by atoms with Gasteiger partial charge >= 0.3 is 0 Å². The zero-order valence-corrected chi connectivity index (χ0v) is 15.1. The number of hydrogen-bond acceptors (Lipinski definition) is 2. The zero-order chi connectivity index (χ0) is 18.5. The Morgan fingerprint density at radius 3 is 2.48 bits per heavy atom. The third kappa shape index (κ3) is 2.37. The number of aryl methyl sites for hydroxylation is 2. The highest BCUT2D eigenvalue weighted by Crippen LogP contribution is 2.37. The van der Waals surface area contributed by atoms with Gasteiger partial charge in [-0.3, -0.25) is 0 Å². The topological polar surface area (TPSA) is 29.1 Å². The minimum atomic E-state index is -0.240. The van der Waals surface area contributed by atoms with Gasteiger partial charge in [0.1, 0.15) is 24.1 Å². The van der Waals surface area contributed by atoms with Crippen molar-refractivity contribution in [2.45, 2.75) is 6.92 Å². The van der Waals surface area contributed by atoms with Crippen LogP contribution in [0.25, 0.3) is 33.0 Å². The zero-order valence-electron chi connectivity index (χ0n) is 15.1. The summed E-state index contributed by atoms with van der Waals surface area (Å²) in [5, 5.41) is 5.62. The lowest BCUT2D eigenvalue weighted by Gasteiger charge is -2.12. The molecule has 0 aliphatic carbocycles. The molecule has 4 heteroatoms. The fraction of sp³-hybridized carbons (Fsp3) is 0.0870. The predicted molar refractivity (Wildman–Crippen MR) is 107 cm³/mol. The molecule has 2 heterocycles. The standard InChI is InChI=1S/C23H17FN2O/c1-14-13-15(24)11-12-18(14)25-21-16-7-3-5-9-19(16)26(2)22-17-8-4-6-10-20(17)27-23(21)22/h3-13H,1-2H3/p+1. The van der Waals surface area contributed by atoms with Crippen molar-refractivity contribution < 1.29 is 13.4 Å². The first-order valence-corrected chi connectivity index (χ1v) is 8.88. The van der Waals surface area contributed by atoms with E-state index in [2.05, 4.69) is 35.1 Å². The van der Waals surface area contributed by atoms with Gasteiger partial charge in [0.15, 0.2) is 0 Å². The number of halogens is 1. The van der Waals surface area contributed by atoms with E-state index < -0.39 is 0 Å². The quantitative estimate of drug-likeness (QED) is 0.407. The van der Waals surface area contributed by atoms with Gasteiger partial charge in [-0.2, -0.15) is 4.57 Å². The molecule has 0 atom stereocenters. The molecule has 1 N–H and O–H groups in total. The molecule has 0 amide bonds. The number of hydrogen-bond donors (Lipinski definition) is 1. The molecular weight excluding hydrogens is 339 g/mol. The van der Waals surface area contributed by atoms with E-state index in [1.165, 1.54) is 12.1 Å². The summed E-state index contributed by atoms with van der Waals surface area (Å²) in [6, 6.07) is 21.0. The second-order valence-corrected chi connectivity index (χ2v) is 6.81. The van der Waals surface area contributed by atoms with Crippen LogP contribution in [0.15, 0.2) is 71.1 Å². The smallest absolute Gasteiger partial charge is 0.261 e. The molecule has 0 spiro atoms. The van der Waals surface area contributed by atoms with E-state index in [9.17, 15) is 4.39 Å². The maximum Gasteiger partial charge on any atom is 0.261 e. The summed E-state index contributed by atoms with van der Waals surface area (Å²) in [7, 11) is 2.06. The van der Waals surface area contributed by atoms with Crippen LogP contribution in [0.3, 0.4) is 0 Å². The predicted octanol–water partition coefficient (Wildman–Crippen LogP) is 5.75. The van der Waals surface area contributed by atoms with Gasteiger partial charge in [0.2, 0.25) is 11.1 Å². The number of nitrogens with zero attached hydrogens (tertiary/aromatic N) is 1. The number of fused-ring (bicyclic) bond motifs is 4. The molecule has 5 rings (SSSR count). The van der Waals surface area contributed by atoms with Gasteiger partial charge in [0, 0.05) is 11.8 Å². The van der Waals surface area contributed by atoms with Crippen LogP contribution in [-0.4, -0.2) is 0 Å². The molecule has 5 aromatic rings. The molecule has 0 aliphatic heterocycles. The van der Waals surface area contributed by atoms with Crippen LogP contribution in [0.1, 0.15) is 5.56 Å². The minimum Gasteiger partial charge on any atom is -0.447 e. The summed E-state index contributed by atoms with van der Waals surface area (Å²) in [6.45, 7) is 1.90. The number of anilines is 2. The highest BCUT2D eigenvalue weighted by atomic mass is 19.1. The Bertz CT molecular complexity index is 1340. The molecule has 3 aromatic carbocycles. The third-order valence-electron chi connectivity index (χ3n) is 5.11. The monoisotopic (exact) mass is 357 g/mol. The maximum atomic E-state index is 13.5. The van der Waals surface area contributed by atoms with Crippen molar-refractivity contribution in [2.24, 2.45) is 7.05 Å². The molecule has 0 aliphatic rings. The Morgan fingerprint density at radius 2 is 1.67 bits per heavy atom. The van der Waals surface area contributed by atoms with Crippen LogP contribution in [0, 0.1) is 12.7 Å². The van der Waals surface area contributed by atoms with E-state index in [0.717, 1.165) is 49.9 Å². The van der Waals surface area contributed by atoms with Crippen molar-refractivity contribution in [3.8, 4) is 0 Å². The second kappa shape index (κ2) is 5.81. The van der Waals surface area contributed by atoms with Gasteiger partial charge in [-0.1, -0.05) is 24.3 Å². The lowest BCUT2D eigenvalue weighted by atomic mass is 10.1. The van der Waals surface area contributed by atoms with Crippen LogP contribution in [0.2, 0.25) is 0 Å². The Morgan fingerprint density at radius 1 is 0.926 bits per heavy atom. The van der Waals surface area contributed by atoms with Crippen molar-refractivity contribution in [2.75, 3.05) is 5.32 Å². The Hall–Kier alpha value is -3.40. The number of rotatable bonds is 2. The van der Waals surface area contributed by atoms with Crippen LogP contribution in [-0.2, 0) is 7.05 Å². The van der Waals surface area contributed by atoms with Crippen molar-refractivity contribution in [1.82, 2.24) is 0 Å². The summed E-state index contributed by atoms with van der Waals surface area (Å²) in [5.41, 5.74) is 6.36. The first-order valence-electron chi connectivity index (χ1n) is 8.88. The van der Waals surface area contributed by atoms with E-state index in [1.807, 2.05) is 37.3 Å². The molecule has 0 saturated carbocycles. The van der Waals surface area contributed by atoms with E-state index in [-0.39, 0.29) is 5.82 Å². The molecule has 3 nitrogen and oxygen atoms in total. The number of pyridine rings is 1. The van der Waals surface area contributed by atoms with Crippen molar-refractivity contribution >= 4 is 44.3 Å². The molecule has 0 radical (unpaired) electrons. The first-order chi connectivity index (χ1) is 13.1. The van der Waals surface area contributed by atoms with Gasteiger partial charge in [-0.25, -0.2) is 4.39 Å². The lowest BCUT2D eigenvalue weighted by Crippen LogP contribution is -2.30. The fourth-order valence-corrected chi connectivity index (χ4v) is 3.78. The number of furan rings is 1. The highest BCUT2D eigenvalue weighted by Gasteiger charge is 2.24. The normalized spacial score (nSPS) is 11.5. The fourth-order valence-electron chi connectivity index (χ4n) is 3.78. The SMILES string of the molecule is Cc1cc(F)ccc1Nc1c2ccccc2[n+](C)c2c1oc1ccccc12. The number of para-hydroxylation sites is 2. The molecule has 27 heavy (non-hydrogen) atoms. The molecule has 0 bridgehead atoms. The van der Waals surface area contributed by atoms with Gasteiger partial charge in [-0.15, -0.1) is 0 Å².